The summed E-state index contributed by atoms with van der Waals surface area (Å²) in [5.41, 5.74) is 10.0. The molecule has 0 aliphatic carbocycles. The van der Waals surface area contributed by atoms with Crippen LogP contribution >= 0.6 is 0 Å². The molecule has 0 radical (unpaired) electrons. The number of carboxylic acids is 2. The second-order valence-electron chi connectivity index (χ2n) is 11.0. The summed E-state index contributed by atoms with van der Waals surface area (Å²) in [6.07, 6.45) is -2.13. The zero-order valence-electron chi connectivity index (χ0n) is 24.4. The lowest BCUT2D eigenvalue weighted by Crippen LogP contribution is -1.98. The van der Waals surface area contributed by atoms with E-state index in [9.17, 15) is 30.0 Å². The fourth-order valence-corrected chi connectivity index (χ4v) is 5.97. The van der Waals surface area contributed by atoms with E-state index in [1.54, 1.807) is 32.9 Å². The highest BCUT2D eigenvalue weighted by Gasteiger charge is 2.24. The van der Waals surface area contributed by atoms with Crippen molar-refractivity contribution in [2.45, 2.75) is 66.6 Å². The Morgan fingerprint density at radius 2 is 1.02 bits per heavy atom. The molecule has 42 heavy (non-hydrogen) atoms. The number of carboxylic acid groups (broad SMARTS) is 2. The van der Waals surface area contributed by atoms with E-state index in [0.29, 0.717) is 72.7 Å². The van der Waals surface area contributed by atoms with E-state index in [-0.39, 0.29) is 12.8 Å². The molecule has 0 amide bonds. The van der Waals surface area contributed by atoms with Gasteiger partial charge in [0.25, 0.3) is 0 Å². The highest BCUT2D eigenvalue weighted by atomic mass is 16.4. The number of aryl methyl sites for hydroxylation is 2. The molecule has 218 valence electrons. The van der Waals surface area contributed by atoms with Crippen molar-refractivity contribution in [3.05, 3.63) is 69.3 Å². The summed E-state index contributed by atoms with van der Waals surface area (Å²) in [7, 11) is 0. The molecule has 2 unspecified atom stereocenters. The van der Waals surface area contributed by atoms with Crippen LogP contribution in [0.25, 0.3) is 44.4 Å². The number of hydrogen-bond acceptors (Lipinski definition) is 6. The molecule has 10 nitrogen and oxygen atoms in total. The Hall–Kier alpha value is -4.54. The van der Waals surface area contributed by atoms with Crippen LogP contribution < -0.4 is 0 Å². The molecule has 0 aromatic carbocycles. The van der Waals surface area contributed by atoms with E-state index in [2.05, 4.69) is 9.97 Å². The molecule has 2 aliphatic rings. The van der Waals surface area contributed by atoms with Crippen LogP contribution in [0.4, 0.5) is 0 Å². The number of nitrogens with zero attached hydrogens (tertiary/aromatic N) is 2. The number of allylic oxidation sites excluding steroid dienone is 2. The van der Waals surface area contributed by atoms with Crippen molar-refractivity contribution in [3.8, 4) is 0 Å². The molecule has 10 heteroatoms. The molecule has 0 fully saturated rings. The Bertz CT molecular complexity index is 1890. The van der Waals surface area contributed by atoms with Crippen molar-refractivity contribution < 1.29 is 30.0 Å². The Kier molecular flexibility index (Phi) is 7.38. The predicted octanol–water partition coefficient (Wildman–Crippen LogP) is 5.85. The van der Waals surface area contributed by atoms with Crippen molar-refractivity contribution >= 4 is 56.3 Å². The number of aromatic amines is 2. The summed E-state index contributed by atoms with van der Waals surface area (Å²) in [6.45, 7) is 10.8. The number of fused-ring (bicyclic) bond motifs is 8. The summed E-state index contributed by atoms with van der Waals surface area (Å²) in [5.74, 6) is -2.04. The van der Waals surface area contributed by atoms with Gasteiger partial charge < -0.3 is 30.4 Å². The number of hydrogen-bond donors (Lipinski definition) is 6. The molecule has 3 aromatic heterocycles. The van der Waals surface area contributed by atoms with E-state index >= 15 is 0 Å². The first-order valence-electron chi connectivity index (χ1n) is 13.7. The smallest absolute Gasteiger partial charge is 0.307 e. The van der Waals surface area contributed by atoms with Crippen molar-refractivity contribution in [1.29, 1.82) is 0 Å². The molecule has 0 spiro atoms. The maximum absolute atomic E-state index is 11.8. The summed E-state index contributed by atoms with van der Waals surface area (Å²) in [5, 5.41) is 40.8. The van der Waals surface area contributed by atoms with Gasteiger partial charge in [-0.15, -0.1) is 0 Å². The lowest BCUT2D eigenvalue weighted by molar-refractivity contribution is -0.136. The Morgan fingerprint density at radius 3 is 1.43 bits per heavy atom. The number of nitrogens with one attached hydrogen (secondary N) is 2. The van der Waals surface area contributed by atoms with Gasteiger partial charge in [0, 0.05) is 33.2 Å². The third kappa shape index (κ3) is 5.03. The molecule has 0 saturated heterocycles. The lowest BCUT2D eigenvalue weighted by atomic mass is 10.00. The van der Waals surface area contributed by atoms with Gasteiger partial charge in [-0.3, -0.25) is 9.59 Å². The molecular weight excluding hydrogens is 536 g/mol. The third-order valence-corrected chi connectivity index (χ3v) is 8.12. The van der Waals surface area contributed by atoms with Crippen LogP contribution in [-0.2, 0) is 9.59 Å². The number of aliphatic carboxylic acids is 2. The van der Waals surface area contributed by atoms with E-state index in [1.165, 1.54) is 0 Å². The van der Waals surface area contributed by atoms with Crippen LogP contribution in [0.3, 0.4) is 0 Å². The van der Waals surface area contributed by atoms with Gasteiger partial charge in [-0.2, -0.15) is 0 Å². The van der Waals surface area contributed by atoms with Crippen LogP contribution in [0.2, 0.25) is 0 Å². The highest BCUT2D eigenvalue weighted by molar-refractivity contribution is 6.01. The minimum absolute atomic E-state index is 0.269. The Morgan fingerprint density at radius 1 is 0.643 bits per heavy atom. The lowest BCUT2D eigenvalue weighted by Gasteiger charge is -2.04. The topological polar surface area (TPSA) is 172 Å². The zero-order chi connectivity index (χ0) is 30.6. The first kappa shape index (κ1) is 29.0. The number of aliphatic hydroxyl groups is 2. The minimum Gasteiger partial charge on any atom is -0.481 e. The van der Waals surface area contributed by atoms with Crippen molar-refractivity contribution in [2.75, 3.05) is 0 Å². The van der Waals surface area contributed by atoms with Crippen molar-refractivity contribution in [1.82, 2.24) is 19.9 Å². The molecule has 5 rings (SSSR count). The van der Waals surface area contributed by atoms with Crippen LogP contribution in [-0.4, -0.2) is 52.3 Å². The molecule has 0 saturated carbocycles. The molecule has 8 bridgehead atoms. The van der Waals surface area contributed by atoms with Gasteiger partial charge in [0.1, 0.15) is 0 Å². The largest absolute Gasteiger partial charge is 0.481 e. The average molecular weight is 571 g/mol. The van der Waals surface area contributed by atoms with Crippen LogP contribution in [0.15, 0.2) is 24.3 Å². The third-order valence-electron chi connectivity index (χ3n) is 8.12. The van der Waals surface area contributed by atoms with E-state index in [1.807, 2.05) is 32.9 Å². The Balaban J connectivity index is 2.00. The molecule has 5 heterocycles. The molecule has 6 N–H and O–H groups in total. The van der Waals surface area contributed by atoms with Crippen molar-refractivity contribution in [2.24, 2.45) is 0 Å². The maximum Gasteiger partial charge on any atom is 0.307 e. The summed E-state index contributed by atoms with van der Waals surface area (Å²) in [4.78, 5) is 40.0. The molecular formula is C32H34N4O6. The normalized spacial score (nSPS) is 14.9. The number of aliphatic hydroxyl groups excluding tert-OH is 2. The first-order valence-corrected chi connectivity index (χ1v) is 13.7. The zero-order valence-corrected chi connectivity index (χ0v) is 24.4. The monoisotopic (exact) mass is 570 g/mol. The SMILES string of the molecule is CC1=C(CC(=O)O)c2cc3nc(cc4[nH]c(cc5[nH]c(cc1n2)c(C)c5C(C)O)c(C)c4C(C)O)C(C)=C3CC(=O)O. The van der Waals surface area contributed by atoms with Gasteiger partial charge in [0.15, 0.2) is 0 Å². The van der Waals surface area contributed by atoms with Gasteiger partial charge in [-0.25, -0.2) is 9.97 Å². The molecule has 2 aliphatic heterocycles. The summed E-state index contributed by atoms with van der Waals surface area (Å²) < 4.78 is 0. The van der Waals surface area contributed by atoms with Gasteiger partial charge in [-0.05, 0) is 99.2 Å². The number of carbonyl (C=O) groups is 2. The fraction of sp³-hybridized carbons (Fsp3) is 0.312. The summed E-state index contributed by atoms with van der Waals surface area (Å²) >= 11 is 0. The van der Waals surface area contributed by atoms with Gasteiger partial charge >= 0.3 is 11.9 Å². The quantitative estimate of drug-likeness (QED) is 0.214. The maximum atomic E-state index is 11.8. The average Bonchev–Trinajstić information content (AvgIpc) is 3.54. The van der Waals surface area contributed by atoms with Crippen LogP contribution in [0, 0.1) is 13.8 Å². The first-order chi connectivity index (χ1) is 19.8. The standard InChI is InChI=1S/C32H34N4O6/c1-13-19(7-29(39)40)25-12-26-20(8-30(41)42)14(2)22(34-26)10-27-32(18(6)38)16(4)24(36-27)11-28-31(17(5)37)15(3)23(35-28)9-21(13)33-25/h9-12,17-18,35-38H,7-8H2,1-6H3,(H,39,40)(H,41,42). The van der Waals surface area contributed by atoms with Gasteiger partial charge in [0.05, 0.1) is 47.8 Å². The van der Waals surface area contributed by atoms with E-state index in [0.717, 1.165) is 16.6 Å². The van der Waals surface area contributed by atoms with Gasteiger partial charge in [0.2, 0.25) is 0 Å². The molecule has 2 atom stereocenters. The minimum atomic E-state index is -1.02. The van der Waals surface area contributed by atoms with Crippen LogP contribution in [0.5, 0.6) is 0 Å². The molecule has 3 aromatic rings. The highest BCUT2D eigenvalue weighted by Crippen LogP contribution is 2.38. The Labute approximate surface area is 242 Å². The number of aromatic nitrogens is 4. The number of H-pyrrole nitrogens is 2. The van der Waals surface area contributed by atoms with Gasteiger partial charge in [-0.1, -0.05) is 0 Å². The van der Waals surface area contributed by atoms with E-state index < -0.39 is 24.1 Å². The predicted molar refractivity (Wildman–Crippen MR) is 161 cm³/mol. The van der Waals surface area contributed by atoms with Crippen molar-refractivity contribution in [3.63, 3.8) is 0 Å². The van der Waals surface area contributed by atoms with Crippen LogP contribution in [0.1, 0.15) is 97.8 Å². The number of rotatable bonds is 6. The van der Waals surface area contributed by atoms with E-state index in [4.69, 9.17) is 9.97 Å². The second-order valence-corrected chi connectivity index (χ2v) is 11.0. The summed E-state index contributed by atoms with van der Waals surface area (Å²) in [6, 6.07) is 7.17. The fourth-order valence-electron chi connectivity index (χ4n) is 5.97. The second kappa shape index (κ2) is 10.7.